The van der Waals surface area contributed by atoms with Gasteiger partial charge in [0.1, 0.15) is 23.7 Å². The van der Waals surface area contributed by atoms with Crippen LogP contribution in [0.1, 0.15) is 36.1 Å². The Labute approximate surface area is 226 Å². The molecular weight excluding hydrogens is 512 g/mol. The van der Waals surface area contributed by atoms with Crippen molar-refractivity contribution in [2.24, 2.45) is 0 Å². The number of esters is 1. The van der Waals surface area contributed by atoms with Gasteiger partial charge in [-0.15, -0.1) is 0 Å². The summed E-state index contributed by atoms with van der Waals surface area (Å²) >= 11 is 6.43. The molecule has 3 aromatic rings. The number of halogens is 1. The molecule has 0 saturated carbocycles. The van der Waals surface area contributed by atoms with Crippen molar-refractivity contribution in [2.75, 3.05) is 32.8 Å². The summed E-state index contributed by atoms with van der Waals surface area (Å²) in [6, 6.07) is 14.1. The number of ether oxygens (including phenoxy) is 5. The summed E-state index contributed by atoms with van der Waals surface area (Å²) < 4.78 is 27.9. The zero-order valence-corrected chi connectivity index (χ0v) is 22.4. The van der Waals surface area contributed by atoms with E-state index in [1.165, 1.54) is 7.11 Å². The molecule has 2 heterocycles. The van der Waals surface area contributed by atoms with E-state index in [0.29, 0.717) is 39.2 Å². The van der Waals surface area contributed by atoms with Crippen LogP contribution in [0.15, 0.2) is 54.7 Å². The Hall–Kier alpha value is -3.82. The van der Waals surface area contributed by atoms with Crippen molar-refractivity contribution >= 4 is 29.2 Å². The Morgan fingerprint density at radius 2 is 1.87 bits per heavy atom. The van der Waals surface area contributed by atoms with Gasteiger partial charge < -0.3 is 28.6 Å². The Kier molecular flexibility index (Phi) is 8.70. The molecule has 1 amide bonds. The van der Waals surface area contributed by atoms with Crippen LogP contribution in [-0.2, 0) is 25.6 Å². The highest BCUT2D eigenvalue weighted by Gasteiger charge is 2.39. The van der Waals surface area contributed by atoms with Crippen LogP contribution in [0.5, 0.6) is 17.4 Å². The van der Waals surface area contributed by atoms with E-state index in [1.807, 2.05) is 6.07 Å². The third-order valence-corrected chi connectivity index (χ3v) is 6.40. The number of nitrogens with zero attached hydrogens (tertiary/aromatic N) is 2. The molecule has 0 saturated heterocycles. The van der Waals surface area contributed by atoms with Crippen LogP contribution < -0.4 is 19.1 Å². The molecule has 2 atom stereocenters. The summed E-state index contributed by atoms with van der Waals surface area (Å²) in [4.78, 5) is 32.4. The molecule has 1 aliphatic rings. The number of carbonyl (C=O) groups excluding carboxylic acids is 2. The number of methoxy groups -OCH3 is 3. The number of aromatic nitrogens is 1. The lowest BCUT2D eigenvalue weighted by atomic mass is 9.99. The van der Waals surface area contributed by atoms with E-state index in [2.05, 4.69) is 4.98 Å². The number of amides is 1. The molecule has 0 aliphatic carbocycles. The largest absolute Gasteiger partial charge is 0.497 e. The van der Waals surface area contributed by atoms with Gasteiger partial charge in [-0.1, -0.05) is 11.6 Å². The molecule has 38 heavy (non-hydrogen) atoms. The van der Waals surface area contributed by atoms with Gasteiger partial charge in [0.15, 0.2) is 0 Å². The van der Waals surface area contributed by atoms with E-state index in [0.717, 1.165) is 5.56 Å². The molecular formula is C28H29ClN2O7. The van der Waals surface area contributed by atoms with Crippen molar-refractivity contribution in [3.63, 3.8) is 0 Å². The lowest BCUT2D eigenvalue weighted by Crippen LogP contribution is -2.40. The number of rotatable bonds is 9. The fourth-order valence-electron chi connectivity index (χ4n) is 4.41. The second kappa shape index (κ2) is 12.1. The Balaban J connectivity index is 1.87. The van der Waals surface area contributed by atoms with Gasteiger partial charge in [0.2, 0.25) is 5.88 Å². The number of pyridine rings is 1. The topological polar surface area (TPSA) is 96.4 Å². The second-order valence-corrected chi connectivity index (χ2v) is 8.86. The molecule has 0 fully saturated rings. The average Bonchev–Trinajstić information content (AvgIpc) is 3.03. The number of anilines is 1. The third kappa shape index (κ3) is 5.69. The second-order valence-electron chi connectivity index (χ2n) is 8.42. The van der Waals surface area contributed by atoms with Crippen LogP contribution >= 0.6 is 11.6 Å². The van der Waals surface area contributed by atoms with Gasteiger partial charge in [-0.3, -0.25) is 9.59 Å². The number of fused-ring (bicyclic) bond motifs is 1. The van der Waals surface area contributed by atoms with Crippen LogP contribution in [-0.4, -0.2) is 50.9 Å². The molecule has 2 unspecified atom stereocenters. The van der Waals surface area contributed by atoms with Crippen LogP contribution in [0.2, 0.25) is 5.02 Å². The van der Waals surface area contributed by atoms with Crippen molar-refractivity contribution in [2.45, 2.75) is 32.1 Å². The predicted molar refractivity (Wildman–Crippen MR) is 141 cm³/mol. The molecule has 0 spiro atoms. The van der Waals surface area contributed by atoms with Crippen LogP contribution in [0, 0.1) is 0 Å². The number of benzene rings is 2. The fourth-order valence-corrected chi connectivity index (χ4v) is 4.59. The van der Waals surface area contributed by atoms with Crippen LogP contribution in [0.3, 0.4) is 0 Å². The molecule has 4 rings (SSSR count). The molecule has 10 heteroatoms. The van der Waals surface area contributed by atoms with Crippen molar-refractivity contribution < 1.29 is 33.3 Å². The van der Waals surface area contributed by atoms with Crippen molar-refractivity contribution in [1.29, 1.82) is 0 Å². The summed E-state index contributed by atoms with van der Waals surface area (Å²) in [7, 11) is 4.62. The van der Waals surface area contributed by atoms with Gasteiger partial charge in [0.05, 0.1) is 46.6 Å². The molecule has 1 aromatic heterocycles. The fraction of sp³-hybridized carbons (Fsp3) is 0.321. The summed E-state index contributed by atoms with van der Waals surface area (Å²) in [6.07, 6.45) is -0.636. The number of hydrogen-bond donors (Lipinski definition) is 0. The maximum atomic E-state index is 14.0. The minimum atomic E-state index is -1.15. The maximum absolute atomic E-state index is 14.0. The van der Waals surface area contributed by atoms with E-state index in [4.69, 9.17) is 35.3 Å². The van der Waals surface area contributed by atoms with Gasteiger partial charge in [0, 0.05) is 34.0 Å². The summed E-state index contributed by atoms with van der Waals surface area (Å²) in [5.74, 6) is 0.534. The standard InChI is InChI=1S/C28H29ClN2O7/c1-5-37-25(32)15-24-28(33)31(16-17-8-10-19(34-2)14-23(17)35-3)22-11-9-18(29)13-21(22)26(38-24)20-7-6-12-30-27(20)36-4/h6-14,24,26H,5,15-16H2,1-4H3. The van der Waals surface area contributed by atoms with Crippen molar-refractivity contribution in [1.82, 2.24) is 4.98 Å². The average molecular weight is 541 g/mol. The van der Waals surface area contributed by atoms with Gasteiger partial charge in [-0.2, -0.15) is 0 Å². The van der Waals surface area contributed by atoms with E-state index in [9.17, 15) is 9.59 Å². The first-order chi connectivity index (χ1) is 18.4. The van der Waals surface area contributed by atoms with E-state index in [-0.39, 0.29) is 19.6 Å². The van der Waals surface area contributed by atoms with Crippen molar-refractivity contribution in [3.05, 3.63) is 76.4 Å². The third-order valence-electron chi connectivity index (χ3n) is 6.16. The smallest absolute Gasteiger partial charge is 0.308 e. The highest BCUT2D eigenvalue weighted by Crippen LogP contribution is 2.43. The first kappa shape index (κ1) is 27.2. The number of hydrogen-bond acceptors (Lipinski definition) is 8. The SMILES string of the molecule is CCOC(=O)CC1OC(c2cccnc2OC)c2cc(Cl)ccc2N(Cc2ccc(OC)cc2OC)C1=O. The minimum Gasteiger partial charge on any atom is -0.497 e. The molecule has 1 aliphatic heterocycles. The predicted octanol–water partition coefficient (Wildman–Crippen LogP) is 4.74. The van der Waals surface area contributed by atoms with E-state index >= 15 is 0 Å². The monoisotopic (exact) mass is 540 g/mol. The van der Waals surface area contributed by atoms with E-state index in [1.54, 1.807) is 74.7 Å². The molecule has 2 aromatic carbocycles. The van der Waals surface area contributed by atoms with Crippen LogP contribution in [0.25, 0.3) is 0 Å². The normalized spacial score (nSPS) is 16.9. The van der Waals surface area contributed by atoms with Crippen LogP contribution in [0.4, 0.5) is 5.69 Å². The highest BCUT2D eigenvalue weighted by molar-refractivity contribution is 6.30. The molecule has 200 valence electrons. The summed E-state index contributed by atoms with van der Waals surface area (Å²) in [5.41, 5.74) is 2.51. The van der Waals surface area contributed by atoms with Gasteiger partial charge in [-0.05, 0) is 49.4 Å². The zero-order valence-electron chi connectivity index (χ0n) is 21.6. The molecule has 0 N–H and O–H groups in total. The molecule has 0 bridgehead atoms. The first-order valence-electron chi connectivity index (χ1n) is 12.0. The number of carbonyl (C=O) groups is 2. The Bertz CT molecular complexity index is 1320. The Morgan fingerprint density at radius 1 is 1.05 bits per heavy atom. The van der Waals surface area contributed by atoms with Gasteiger partial charge in [0.25, 0.3) is 5.91 Å². The quantitative estimate of drug-likeness (QED) is 0.359. The maximum Gasteiger partial charge on any atom is 0.308 e. The zero-order chi connectivity index (χ0) is 27.2. The van der Waals surface area contributed by atoms with Gasteiger partial charge >= 0.3 is 5.97 Å². The summed E-state index contributed by atoms with van der Waals surface area (Å²) in [5, 5.41) is 0.457. The summed E-state index contributed by atoms with van der Waals surface area (Å²) in [6.45, 7) is 2.03. The minimum absolute atomic E-state index is 0.139. The Morgan fingerprint density at radius 3 is 2.58 bits per heavy atom. The van der Waals surface area contributed by atoms with E-state index < -0.39 is 24.1 Å². The molecule has 9 nitrogen and oxygen atoms in total. The lowest BCUT2D eigenvalue weighted by molar-refractivity contribution is -0.151. The van der Waals surface area contributed by atoms with Crippen molar-refractivity contribution in [3.8, 4) is 17.4 Å². The highest BCUT2D eigenvalue weighted by atomic mass is 35.5. The lowest BCUT2D eigenvalue weighted by Gasteiger charge is -2.26. The molecule has 0 radical (unpaired) electrons. The van der Waals surface area contributed by atoms with Gasteiger partial charge in [-0.25, -0.2) is 4.98 Å². The first-order valence-corrected chi connectivity index (χ1v) is 12.4.